The van der Waals surface area contributed by atoms with Crippen LogP contribution in [0.4, 0.5) is 11.4 Å². The largest absolute Gasteiger partial charge is 0.395 e. The Kier molecular flexibility index (Phi) is 6.24. The van der Waals surface area contributed by atoms with Crippen molar-refractivity contribution in [1.82, 2.24) is 4.90 Å². The van der Waals surface area contributed by atoms with Gasteiger partial charge in [-0.05, 0) is 19.0 Å². The Balaban J connectivity index is 3.04. The normalized spacial score (nSPS) is 10.7. The third-order valence-corrected chi connectivity index (χ3v) is 2.94. The monoisotopic (exact) mass is 267 g/mol. The molecule has 2 N–H and O–H groups in total. The lowest BCUT2D eigenvalue weighted by Gasteiger charge is -2.21. The fourth-order valence-corrected chi connectivity index (χ4v) is 1.98. The highest BCUT2D eigenvalue weighted by Crippen LogP contribution is 2.29. The summed E-state index contributed by atoms with van der Waals surface area (Å²) in [5.41, 5.74) is 1.55. The first kappa shape index (κ1) is 15.4. The highest BCUT2D eigenvalue weighted by Gasteiger charge is 2.17. The molecule has 0 atom stereocenters. The highest BCUT2D eigenvalue weighted by atomic mass is 16.6. The first-order chi connectivity index (χ1) is 9.13. The van der Waals surface area contributed by atoms with Gasteiger partial charge >= 0.3 is 0 Å². The van der Waals surface area contributed by atoms with Crippen molar-refractivity contribution in [3.8, 4) is 0 Å². The number of nitro groups is 1. The average Bonchev–Trinajstić information content (AvgIpc) is 2.39. The quantitative estimate of drug-likeness (QED) is 0.555. The lowest BCUT2D eigenvalue weighted by atomic mass is 10.1. The number of nitrogens with zero attached hydrogens (tertiary/aromatic N) is 2. The van der Waals surface area contributed by atoms with Gasteiger partial charge in [0.25, 0.3) is 5.69 Å². The van der Waals surface area contributed by atoms with E-state index in [1.165, 1.54) is 6.07 Å². The zero-order chi connectivity index (χ0) is 14.3. The smallest absolute Gasteiger partial charge is 0.292 e. The number of hydrogen-bond donors (Lipinski definition) is 2. The van der Waals surface area contributed by atoms with Gasteiger partial charge in [0.1, 0.15) is 5.69 Å². The summed E-state index contributed by atoms with van der Waals surface area (Å²) in [6, 6.07) is 5.08. The van der Waals surface area contributed by atoms with Crippen LogP contribution in [0.2, 0.25) is 0 Å². The maximum atomic E-state index is 11.0. The Labute approximate surface area is 113 Å². The van der Waals surface area contributed by atoms with Gasteiger partial charge in [-0.3, -0.25) is 15.0 Å². The van der Waals surface area contributed by atoms with Crippen molar-refractivity contribution in [3.05, 3.63) is 33.9 Å². The van der Waals surface area contributed by atoms with Gasteiger partial charge in [0.05, 0.1) is 11.5 Å². The second-order valence-electron chi connectivity index (χ2n) is 4.19. The van der Waals surface area contributed by atoms with E-state index in [-0.39, 0.29) is 17.2 Å². The molecule has 0 spiro atoms. The maximum Gasteiger partial charge on any atom is 0.292 e. The first-order valence-electron chi connectivity index (χ1n) is 6.47. The molecule has 6 nitrogen and oxygen atoms in total. The van der Waals surface area contributed by atoms with Crippen molar-refractivity contribution in [3.63, 3.8) is 0 Å². The molecule has 106 valence electrons. The third kappa shape index (κ3) is 4.18. The number of nitro benzene ring substituents is 1. The standard InChI is InChI=1S/C13H21N3O3/c1-3-14-13-11(10-15(4-2)8-9-17)6-5-7-12(13)16(18)19/h5-7,14,17H,3-4,8-10H2,1-2H3. The maximum absolute atomic E-state index is 11.0. The highest BCUT2D eigenvalue weighted by molar-refractivity contribution is 5.66. The minimum absolute atomic E-state index is 0.0826. The minimum atomic E-state index is -0.371. The molecule has 0 aliphatic heterocycles. The van der Waals surface area contributed by atoms with E-state index in [4.69, 9.17) is 5.11 Å². The van der Waals surface area contributed by atoms with E-state index in [1.807, 2.05) is 24.8 Å². The topological polar surface area (TPSA) is 78.6 Å². The predicted octanol–water partition coefficient (Wildman–Crippen LogP) is 1.84. The second-order valence-corrected chi connectivity index (χ2v) is 4.19. The zero-order valence-electron chi connectivity index (χ0n) is 11.4. The van der Waals surface area contributed by atoms with E-state index in [0.717, 1.165) is 12.1 Å². The van der Waals surface area contributed by atoms with Crippen LogP contribution in [0.25, 0.3) is 0 Å². The van der Waals surface area contributed by atoms with E-state index in [1.54, 1.807) is 6.07 Å². The molecule has 0 saturated heterocycles. The number of rotatable bonds is 8. The minimum Gasteiger partial charge on any atom is -0.395 e. The molecule has 1 aromatic rings. The molecule has 0 saturated carbocycles. The summed E-state index contributed by atoms with van der Waals surface area (Å²) >= 11 is 0. The molecule has 19 heavy (non-hydrogen) atoms. The summed E-state index contributed by atoms with van der Waals surface area (Å²) in [7, 11) is 0. The van der Waals surface area contributed by atoms with Crippen LogP contribution in [0.1, 0.15) is 19.4 Å². The molecule has 1 aromatic carbocycles. The number of likely N-dealkylation sites (N-methyl/N-ethyl adjacent to an activating group) is 1. The third-order valence-electron chi connectivity index (χ3n) is 2.94. The van der Waals surface area contributed by atoms with Crippen molar-refractivity contribution in [2.24, 2.45) is 0 Å². The van der Waals surface area contributed by atoms with Crippen molar-refractivity contribution in [1.29, 1.82) is 0 Å². The molecule has 0 aliphatic rings. The molecule has 0 heterocycles. The Morgan fingerprint density at radius 3 is 2.68 bits per heavy atom. The van der Waals surface area contributed by atoms with Crippen molar-refractivity contribution in [2.75, 3.05) is 31.6 Å². The van der Waals surface area contributed by atoms with Crippen LogP contribution in [0.3, 0.4) is 0 Å². The molecule has 0 unspecified atom stereocenters. The molecule has 0 aromatic heterocycles. The molecule has 0 amide bonds. The summed E-state index contributed by atoms with van der Waals surface area (Å²) in [4.78, 5) is 12.7. The van der Waals surface area contributed by atoms with Gasteiger partial charge in [-0.2, -0.15) is 0 Å². The SMILES string of the molecule is CCNc1c(CN(CC)CCO)cccc1[N+](=O)[O-]. The van der Waals surface area contributed by atoms with Gasteiger partial charge < -0.3 is 10.4 Å². The lowest BCUT2D eigenvalue weighted by molar-refractivity contribution is -0.384. The fourth-order valence-electron chi connectivity index (χ4n) is 1.98. The van der Waals surface area contributed by atoms with Crippen LogP contribution >= 0.6 is 0 Å². The van der Waals surface area contributed by atoms with Gasteiger partial charge in [0, 0.05) is 25.7 Å². The number of hydrogen-bond acceptors (Lipinski definition) is 5. The number of aliphatic hydroxyl groups is 1. The summed E-state index contributed by atoms with van der Waals surface area (Å²) < 4.78 is 0. The van der Waals surface area contributed by atoms with E-state index >= 15 is 0 Å². The average molecular weight is 267 g/mol. The van der Waals surface area contributed by atoms with Crippen molar-refractivity contribution >= 4 is 11.4 Å². The Morgan fingerprint density at radius 2 is 2.16 bits per heavy atom. The molecule has 0 aliphatic carbocycles. The van der Waals surface area contributed by atoms with Crippen LogP contribution in [0, 0.1) is 10.1 Å². The summed E-state index contributed by atoms with van der Waals surface area (Å²) in [5, 5.41) is 23.1. The van der Waals surface area contributed by atoms with Crippen molar-refractivity contribution in [2.45, 2.75) is 20.4 Å². The number of benzene rings is 1. The van der Waals surface area contributed by atoms with Crippen molar-refractivity contribution < 1.29 is 10.0 Å². The Morgan fingerprint density at radius 1 is 1.42 bits per heavy atom. The summed E-state index contributed by atoms with van der Waals surface area (Å²) in [6.07, 6.45) is 0. The van der Waals surface area contributed by atoms with E-state index in [0.29, 0.717) is 25.3 Å². The van der Waals surface area contributed by atoms with Crippen LogP contribution in [0.15, 0.2) is 18.2 Å². The fraction of sp³-hybridized carbons (Fsp3) is 0.538. The van der Waals surface area contributed by atoms with Gasteiger partial charge in [0.2, 0.25) is 0 Å². The molecular formula is C13H21N3O3. The van der Waals surface area contributed by atoms with Gasteiger partial charge in [0.15, 0.2) is 0 Å². The van der Waals surface area contributed by atoms with Crippen LogP contribution in [-0.4, -0.2) is 41.2 Å². The number of aliphatic hydroxyl groups excluding tert-OH is 1. The predicted molar refractivity (Wildman–Crippen MR) is 75.3 cm³/mol. The number of para-hydroxylation sites is 1. The van der Waals surface area contributed by atoms with E-state index in [2.05, 4.69) is 5.32 Å². The van der Waals surface area contributed by atoms with Gasteiger partial charge in [-0.1, -0.05) is 19.1 Å². The van der Waals surface area contributed by atoms with Crippen LogP contribution < -0.4 is 5.32 Å². The molecule has 0 radical (unpaired) electrons. The number of anilines is 1. The molecule has 0 fully saturated rings. The molecule has 1 rings (SSSR count). The van der Waals surface area contributed by atoms with E-state index in [9.17, 15) is 10.1 Å². The second kappa shape index (κ2) is 7.70. The van der Waals surface area contributed by atoms with Gasteiger partial charge in [-0.15, -0.1) is 0 Å². The zero-order valence-corrected chi connectivity index (χ0v) is 11.4. The first-order valence-corrected chi connectivity index (χ1v) is 6.47. The Bertz CT molecular complexity index is 424. The molecule has 0 bridgehead atoms. The van der Waals surface area contributed by atoms with Crippen LogP contribution in [0.5, 0.6) is 0 Å². The van der Waals surface area contributed by atoms with E-state index < -0.39 is 0 Å². The summed E-state index contributed by atoms with van der Waals surface area (Å²) in [6.45, 7) is 6.55. The van der Waals surface area contributed by atoms with Crippen LogP contribution in [-0.2, 0) is 6.54 Å². The summed E-state index contributed by atoms with van der Waals surface area (Å²) in [5.74, 6) is 0. The molecule has 6 heteroatoms. The van der Waals surface area contributed by atoms with Gasteiger partial charge in [-0.25, -0.2) is 0 Å². The molecular weight excluding hydrogens is 246 g/mol. The Hall–Kier alpha value is -1.66. The number of nitrogens with one attached hydrogen (secondary N) is 1. The lowest BCUT2D eigenvalue weighted by Crippen LogP contribution is -2.26.